The van der Waals surface area contributed by atoms with Crippen LogP contribution in [0.25, 0.3) is 0 Å². The quantitative estimate of drug-likeness (QED) is 0.533. The van der Waals surface area contributed by atoms with Gasteiger partial charge in [0.15, 0.2) is 0 Å². The number of ether oxygens (including phenoxy) is 1. The van der Waals surface area contributed by atoms with Gasteiger partial charge in [0.1, 0.15) is 18.1 Å². The molecular formula is C25H35N3O4. The number of aryl methyl sites for hydroxylation is 1. The van der Waals surface area contributed by atoms with Gasteiger partial charge in [-0.2, -0.15) is 0 Å². The molecule has 174 valence electrons. The number of rotatable bonds is 11. The zero-order chi connectivity index (χ0) is 22.8. The highest BCUT2D eigenvalue weighted by molar-refractivity contribution is 5.84. The molecule has 0 radical (unpaired) electrons. The Morgan fingerprint density at radius 1 is 1.09 bits per heavy atom. The van der Waals surface area contributed by atoms with Crippen molar-refractivity contribution in [3.05, 3.63) is 59.5 Å². The number of nitrogens with zero attached hydrogens (tertiary/aromatic N) is 2. The molecule has 0 spiro atoms. The Morgan fingerprint density at radius 3 is 2.56 bits per heavy atom. The molecule has 0 aliphatic carbocycles. The number of benzene rings is 1. The molecule has 0 saturated carbocycles. The molecule has 7 heteroatoms. The van der Waals surface area contributed by atoms with Gasteiger partial charge in [-0.15, -0.1) is 0 Å². The molecule has 1 saturated heterocycles. The van der Waals surface area contributed by atoms with Crippen LogP contribution in [0, 0.1) is 6.92 Å². The zero-order valence-electron chi connectivity index (χ0n) is 19.2. The van der Waals surface area contributed by atoms with E-state index >= 15 is 0 Å². The van der Waals surface area contributed by atoms with E-state index in [-0.39, 0.29) is 24.6 Å². The minimum Gasteiger partial charge on any atom is -0.464 e. The predicted octanol–water partition coefficient (Wildman–Crippen LogP) is 4.11. The number of hydrogen-bond donors (Lipinski definition) is 1. The molecule has 1 fully saturated rings. The fourth-order valence-corrected chi connectivity index (χ4v) is 3.79. The Bertz CT molecular complexity index is 846. The van der Waals surface area contributed by atoms with Crippen LogP contribution in [0.3, 0.4) is 0 Å². The minimum absolute atomic E-state index is 0.00431. The number of hydrogen-bond acceptors (Lipinski definition) is 4. The summed E-state index contributed by atoms with van der Waals surface area (Å²) in [6.07, 6.45) is 3.79. The zero-order valence-corrected chi connectivity index (χ0v) is 19.2. The second-order valence-electron chi connectivity index (χ2n) is 8.35. The normalized spacial score (nSPS) is 15.5. The number of urea groups is 1. The molecule has 32 heavy (non-hydrogen) atoms. The number of furan rings is 1. The summed E-state index contributed by atoms with van der Waals surface area (Å²) in [4.78, 5) is 29.6. The van der Waals surface area contributed by atoms with E-state index in [4.69, 9.17) is 9.15 Å². The molecule has 1 aliphatic heterocycles. The van der Waals surface area contributed by atoms with E-state index in [2.05, 4.69) is 12.2 Å². The van der Waals surface area contributed by atoms with Gasteiger partial charge < -0.3 is 24.3 Å². The third-order valence-electron chi connectivity index (χ3n) is 5.58. The Hall–Kier alpha value is -2.80. The van der Waals surface area contributed by atoms with Crippen LogP contribution < -0.4 is 5.32 Å². The first-order valence-electron chi connectivity index (χ1n) is 11.6. The van der Waals surface area contributed by atoms with Crippen molar-refractivity contribution < 1.29 is 18.7 Å². The molecule has 1 atom stereocenters. The van der Waals surface area contributed by atoms with E-state index in [0.717, 1.165) is 42.8 Å². The fourth-order valence-electron chi connectivity index (χ4n) is 3.79. The highest BCUT2D eigenvalue weighted by Gasteiger charge is 2.26. The van der Waals surface area contributed by atoms with E-state index in [0.29, 0.717) is 32.8 Å². The Kier molecular flexibility index (Phi) is 9.16. The van der Waals surface area contributed by atoms with Crippen molar-refractivity contribution in [3.8, 4) is 0 Å². The smallest absolute Gasteiger partial charge is 0.317 e. The molecule has 1 N–H and O–H groups in total. The summed E-state index contributed by atoms with van der Waals surface area (Å²) in [5, 5.41) is 2.95. The summed E-state index contributed by atoms with van der Waals surface area (Å²) in [6.45, 7) is 6.51. The van der Waals surface area contributed by atoms with E-state index in [1.807, 2.05) is 49.4 Å². The second kappa shape index (κ2) is 12.3. The summed E-state index contributed by atoms with van der Waals surface area (Å²) in [6, 6.07) is 13.4. The molecule has 0 bridgehead atoms. The van der Waals surface area contributed by atoms with Crippen LogP contribution in [0.1, 0.15) is 49.7 Å². The third-order valence-corrected chi connectivity index (χ3v) is 5.58. The molecule has 3 amide bonds. The summed E-state index contributed by atoms with van der Waals surface area (Å²) < 4.78 is 11.5. The SMILES string of the molecule is CCCCNC(=O)N(CC(=O)N(Cc1ccccc1)Cc1ccc(C)o1)CC1CCCO1. The maximum Gasteiger partial charge on any atom is 0.317 e. The van der Waals surface area contributed by atoms with Gasteiger partial charge in [0.2, 0.25) is 5.91 Å². The van der Waals surface area contributed by atoms with E-state index in [9.17, 15) is 9.59 Å². The van der Waals surface area contributed by atoms with E-state index in [1.165, 1.54) is 0 Å². The average molecular weight is 442 g/mol. The number of carbonyl (C=O) groups is 2. The average Bonchev–Trinajstić information content (AvgIpc) is 3.45. The van der Waals surface area contributed by atoms with Gasteiger partial charge in [-0.25, -0.2) is 4.79 Å². The molecule has 1 aromatic carbocycles. The maximum absolute atomic E-state index is 13.4. The molecule has 2 heterocycles. The van der Waals surface area contributed by atoms with Gasteiger partial charge in [0, 0.05) is 26.2 Å². The van der Waals surface area contributed by atoms with Gasteiger partial charge in [0.25, 0.3) is 0 Å². The van der Waals surface area contributed by atoms with Crippen LogP contribution >= 0.6 is 0 Å². The molecule has 1 unspecified atom stereocenters. The van der Waals surface area contributed by atoms with E-state index in [1.54, 1.807) is 9.80 Å². The van der Waals surface area contributed by atoms with Crippen molar-refractivity contribution in [3.63, 3.8) is 0 Å². The van der Waals surface area contributed by atoms with Crippen LogP contribution in [0.2, 0.25) is 0 Å². The molecule has 1 aliphatic rings. The summed E-state index contributed by atoms with van der Waals surface area (Å²) >= 11 is 0. The topological polar surface area (TPSA) is 75.0 Å². The number of nitrogens with one attached hydrogen (secondary N) is 1. The van der Waals surface area contributed by atoms with Crippen LogP contribution in [-0.2, 0) is 22.6 Å². The van der Waals surface area contributed by atoms with Crippen LogP contribution in [-0.4, -0.2) is 54.1 Å². The predicted molar refractivity (Wildman–Crippen MR) is 123 cm³/mol. The summed E-state index contributed by atoms with van der Waals surface area (Å²) in [5.41, 5.74) is 1.03. The maximum atomic E-state index is 13.4. The fraction of sp³-hybridized carbons (Fsp3) is 0.520. The van der Waals surface area contributed by atoms with Gasteiger partial charge >= 0.3 is 6.03 Å². The first-order valence-corrected chi connectivity index (χ1v) is 11.6. The third kappa shape index (κ3) is 7.41. The molecule has 3 rings (SSSR count). The van der Waals surface area contributed by atoms with Crippen molar-refractivity contribution in [1.82, 2.24) is 15.1 Å². The monoisotopic (exact) mass is 441 g/mol. The lowest BCUT2D eigenvalue weighted by atomic mass is 10.2. The van der Waals surface area contributed by atoms with Gasteiger partial charge in [-0.05, 0) is 43.9 Å². The van der Waals surface area contributed by atoms with E-state index < -0.39 is 0 Å². The number of unbranched alkanes of at least 4 members (excludes halogenated alkanes) is 1. The second-order valence-corrected chi connectivity index (χ2v) is 8.35. The van der Waals surface area contributed by atoms with Gasteiger partial charge in [0.05, 0.1) is 12.6 Å². The lowest BCUT2D eigenvalue weighted by molar-refractivity contribution is -0.133. The lowest BCUT2D eigenvalue weighted by Gasteiger charge is -2.29. The van der Waals surface area contributed by atoms with Crippen molar-refractivity contribution in [2.75, 3.05) is 26.2 Å². The first kappa shape index (κ1) is 23.9. The number of amides is 3. The molecule has 2 aromatic rings. The standard InChI is InChI=1S/C25H35N3O4/c1-3-4-14-26-25(30)28(17-22-11-8-15-31-22)19-24(29)27(16-21-9-6-5-7-10-21)18-23-13-12-20(2)32-23/h5-7,9-10,12-13,22H,3-4,8,11,14-19H2,1-2H3,(H,26,30). The molecular weight excluding hydrogens is 406 g/mol. The Morgan fingerprint density at radius 2 is 1.91 bits per heavy atom. The van der Waals surface area contributed by atoms with Crippen molar-refractivity contribution in [2.24, 2.45) is 0 Å². The highest BCUT2D eigenvalue weighted by Crippen LogP contribution is 2.16. The van der Waals surface area contributed by atoms with Gasteiger partial charge in [-0.3, -0.25) is 4.79 Å². The Balaban J connectivity index is 1.71. The van der Waals surface area contributed by atoms with Crippen LogP contribution in [0.4, 0.5) is 4.79 Å². The van der Waals surface area contributed by atoms with Crippen molar-refractivity contribution in [2.45, 2.75) is 58.7 Å². The van der Waals surface area contributed by atoms with Gasteiger partial charge in [-0.1, -0.05) is 43.7 Å². The minimum atomic E-state index is -0.212. The summed E-state index contributed by atoms with van der Waals surface area (Å²) in [5.74, 6) is 1.42. The largest absolute Gasteiger partial charge is 0.464 e. The molecule has 7 nitrogen and oxygen atoms in total. The van der Waals surface area contributed by atoms with Crippen LogP contribution in [0.15, 0.2) is 46.9 Å². The van der Waals surface area contributed by atoms with Crippen molar-refractivity contribution in [1.29, 1.82) is 0 Å². The lowest BCUT2D eigenvalue weighted by Crippen LogP contribution is -2.49. The summed E-state index contributed by atoms with van der Waals surface area (Å²) in [7, 11) is 0. The van der Waals surface area contributed by atoms with Crippen LogP contribution in [0.5, 0.6) is 0 Å². The Labute approximate surface area is 190 Å². The number of carbonyl (C=O) groups excluding carboxylic acids is 2. The highest BCUT2D eigenvalue weighted by atomic mass is 16.5. The van der Waals surface area contributed by atoms with Crippen molar-refractivity contribution >= 4 is 11.9 Å². The molecule has 1 aromatic heterocycles. The first-order chi connectivity index (χ1) is 15.5.